The van der Waals surface area contributed by atoms with E-state index in [1.165, 1.54) is 12.5 Å². The number of imidazole rings is 1. The molecule has 16 heavy (non-hydrogen) atoms. The van der Waals surface area contributed by atoms with E-state index >= 15 is 0 Å². The van der Waals surface area contributed by atoms with Crippen molar-refractivity contribution in [2.75, 3.05) is 0 Å². The lowest BCUT2D eigenvalue weighted by atomic mass is 10.2. The SMILES string of the molecule is C=CC(=O)c1cn(C(=O)OC(C)(C)C)cn1. The Bertz CT molecular complexity index is 427. The molecule has 0 aliphatic rings. The molecule has 0 saturated carbocycles. The topological polar surface area (TPSA) is 61.2 Å². The van der Waals surface area contributed by atoms with Gasteiger partial charge in [0.05, 0.1) is 0 Å². The van der Waals surface area contributed by atoms with Gasteiger partial charge < -0.3 is 4.74 Å². The van der Waals surface area contributed by atoms with Crippen molar-refractivity contribution >= 4 is 11.9 Å². The monoisotopic (exact) mass is 222 g/mol. The van der Waals surface area contributed by atoms with Crippen LogP contribution in [0.2, 0.25) is 0 Å². The Labute approximate surface area is 93.7 Å². The Morgan fingerprint density at radius 3 is 2.62 bits per heavy atom. The maximum absolute atomic E-state index is 11.5. The minimum absolute atomic E-state index is 0.167. The second kappa shape index (κ2) is 4.30. The summed E-state index contributed by atoms with van der Waals surface area (Å²) < 4.78 is 6.22. The normalized spacial score (nSPS) is 10.9. The van der Waals surface area contributed by atoms with E-state index in [1.54, 1.807) is 20.8 Å². The second-order valence-electron chi connectivity index (χ2n) is 4.21. The fourth-order valence-electron chi connectivity index (χ4n) is 0.969. The zero-order valence-electron chi connectivity index (χ0n) is 9.56. The molecule has 0 amide bonds. The van der Waals surface area contributed by atoms with Crippen molar-refractivity contribution in [1.29, 1.82) is 0 Å². The predicted molar refractivity (Wildman–Crippen MR) is 58.4 cm³/mol. The van der Waals surface area contributed by atoms with Crippen molar-refractivity contribution in [3.63, 3.8) is 0 Å². The fraction of sp³-hybridized carbons (Fsp3) is 0.364. The van der Waals surface area contributed by atoms with Gasteiger partial charge in [0.2, 0.25) is 5.78 Å². The van der Waals surface area contributed by atoms with Crippen molar-refractivity contribution in [2.45, 2.75) is 26.4 Å². The quantitative estimate of drug-likeness (QED) is 0.567. The van der Waals surface area contributed by atoms with Crippen LogP contribution in [-0.4, -0.2) is 27.0 Å². The van der Waals surface area contributed by atoms with Gasteiger partial charge in [-0.15, -0.1) is 0 Å². The van der Waals surface area contributed by atoms with Crippen LogP contribution in [0.4, 0.5) is 4.79 Å². The Balaban J connectivity index is 2.82. The number of hydrogen-bond acceptors (Lipinski definition) is 4. The maximum atomic E-state index is 11.5. The van der Waals surface area contributed by atoms with E-state index in [9.17, 15) is 9.59 Å². The van der Waals surface area contributed by atoms with Crippen molar-refractivity contribution in [2.24, 2.45) is 0 Å². The van der Waals surface area contributed by atoms with E-state index in [1.807, 2.05) is 0 Å². The smallest absolute Gasteiger partial charge is 0.419 e. The van der Waals surface area contributed by atoms with Gasteiger partial charge in [-0.05, 0) is 26.8 Å². The van der Waals surface area contributed by atoms with Gasteiger partial charge in [0, 0.05) is 6.20 Å². The Morgan fingerprint density at radius 1 is 1.50 bits per heavy atom. The van der Waals surface area contributed by atoms with Crippen LogP contribution < -0.4 is 0 Å². The van der Waals surface area contributed by atoms with Gasteiger partial charge >= 0.3 is 6.09 Å². The highest BCUT2D eigenvalue weighted by atomic mass is 16.6. The molecule has 1 rings (SSSR count). The van der Waals surface area contributed by atoms with Gasteiger partial charge in [0.25, 0.3) is 0 Å². The number of ether oxygens (including phenoxy) is 1. The van der Waals surface area contributed by atoms with Crippen LogP contribution in [0.1, 0.15) is 31.3 Å². The van der Waals surface area contributed by atoms with Crippen LogP contribution in [0.25, 0.3) is 0 Å². The molecule has 0 fully saturated rings. The number of carbonyl (C=O) groups is 2. The van der Waals surface area contributed by atoms with Gasteiger partial charge in [-0.2, -0.15) is 0 Å². The summed E-state index contributed by atoms with van der Waals surface area (Å²) in [5, 5.41) is 0. The van der Waals surface area contributed by atoms with E-state index in [4.69, 9.17) is 4.74 Å². The minimum atomic E-state index is -0.579. The Hall–Kier alpha value is -1.91. The number of hydrogen-bond donors (Lipinski definition) is 0. The first-order chi connectivity index (χ1) is 7.33. The first kappa shape index (κ1) is 12.2. The summed E-state index contributed by atoms with van der Waals surface area (Å²) in [6.07, 6.45) is 3.13. The summed E-state index contributed by atoms with van der Waals surface area (Å²) in [6, 6.07) is 0. The lowest BCUT2D eigenvalue weighted by Gasteiger charge is -2.18. The third kappa shape index (κ3) is 3.05. The molecule has 0 aromatic carbocycles. The first-order valence-corrected chi connectivity index (χ1v) is 4.77. The maximum Gasteiger partial charge on any atom is 0.419 e. The summed E-state index contributed by atoms with van der Waals surface area (Å²) in [4.78, 5) is 26.5. The molecule has 0 N–H and O–H groups in total. The second-order valence-corrected chi connectivity index (χ2v) is 4.21. The van der Waals surface area contributed by atoms with Crippen LogP contribution in [0.15, 0.2) is 25.2 Å². The zero-order chi connectivity index (χ0) is 12.3. The summed E-state index contributed by atoms with van der Waals surface area (Å²) in [5.41, 5.74) is -0.412. The van der Waals surface area contributed by atoms with E-state index in [-0.39, 0.29) is 11.5 Å². The molecular weight excluding hydrogens is 208 g/mol. The number of carbonyl (C=O) groups excluding carboxylic acids is 2. The predicted octanol–water partition coefficient (Wildman–Crippen LogP) is 2.04. The summed E-state index contributed by atoms with van der Waals surface area (Å²) in [6.45, 7) is 8.62. The largest absolute Gasteiger partial charge is 0.443 e. The average Bonchev–Trinajstić information content (AvgIpc) is 2.62. The molecule has 0 radical (unpaired) electrons. The van der Waals surface area contributed by atoms with E-state index in [2.05, 4.69) is 11.6 Å². The third-order valence-corrected chi connectivity index (χ3v) is 1.62. The molecule has 0 spiro atoms. The lowest BCUT2D eigenvalue weighted by Crippen LogP contribution is -2.26. The van der Waals surface area contributed by atoms with Crippen molar-refractivity contribution in [3.05, 3.63) is 30.9 Å². The highest BCUT2D eigenvalue weighted by Gasteiger charge is 2.18. The van der Waals surface area contributed by atoms with E-state index in [0.717, 1.165) is 10.6 Å². The molecule has 0 aliphatic carbocycles. The Morgan fingerprint density at radius 2 is 2.12 bits per heavy atom. The molecule has 0 bridgehead atoms. The average molecular weight is 222 g/mol. The van der Waals surface area contributed by atoms with Gasteiger partial charge in [-0.25, -0.2) is 14.3 Å². The van der Waals surface area contributed by atoms with Crippen molar-refractivity contribution in [1.82, 2.24) is 9.55 Å². The summed E-state index contributed by atoms with van der Waals surface area (Å²) in [7, 11) is 0. The fourth-order valence-corrected chi connectivity index (χ4v) is 0.969. The molecule has 0 unspecified atom stereocenters. The zero-order valence-corrected chi connectivity index (χ0v) is 9.56. The van der Waals surface area contributed by atoms with Crippen LogP contribution in [0, 0.1) is 0 Å². The van der Waals surface area contributed by atoms with Crippen LogP contribution in [0.3, 0.4) is 0 Å². The Kier molecular flexibility index (Phi) is 3.27. The molecule has 5 nitrogen and oxygen atoms in total. The molecule has 0 saturated heterocycles. The molecule has 1 heterocycles. The highest BCUT2D eigenvalue weighted by molar-refractivity contribution is 6.02. The number of nitrogens with zero attached hydrogens (tertiary/aromatic N) is 2. The molecule has 86 valence electrons. The lowest BCUT2D eigenvalue weighted by molar-refractivity contribution is 0.0536. The number of ketones is 1. The van der Waals surface area contributed by atoms with E-state index in [0.29, 0.717) is 0 Å². The minimum Gasteiger partial charge on any atom is -0.443 e. The van der Waals surface area contributed by atoms with Gasteiger partial charge in [0.1, 0.15) is 17.6 Å². The van der Waals surface area contributed by atoms with Gasteiger partial charge in [-0.1, -0.05) is 6.58 Å². The van der Waals surface area contributed by atoms with Gasteiger partial charge in [0.15, 0.2) is 0 Å². The summed E-state index contributed by atoms with van der Waals surface area (Å²) in [5.74, 6) is -0.331. The molecular formula is C11H14N2O3. The van der Waals surface area contributed by atoms with Crippen LogP contribution >= 0.6 is 0 Å². The van der Waals surface area contributed by atoms with Crippen molar-refractivity contribution < 1.29 is 14.3 Å². The highest BCUT2D eigenvalue weighted by Crippen LogP contribution is 2.09. The molecule has 0 atom stereocenters. The van der Waals surface area contributed by atoms with Crippen LogP contribution in [0.5, 0.6) is 0 Å². The molecule has 1 aromatic rings. The van der Waals surface area contributed by atoms with E-state index < -0.39 is 11.7 Å². The molecule has 0 aliphatic heterocycles. The number of aromatic nitrogens is 2. The van der Waals surface area contributed by atoms with Crippen LogP contribution in [-0.2, 0) is 4.74 Å². The number of allylic oxidation sites excluding steroid dienone is 1. The first-order valence-electron chi connectivity index (χ1n) is 4.77. The molecule has 5 heteroatoms. The van der Waals surface area contributed by atoms with Crippen molar-refractivity contribution in [3.8, 4) is 0 Å². The standard InChI is InChI=1S/C11H14N2O3/c1-5-9(14)8-6-13(7-12-8)10(15)16-11(2,3)4/h5-7H,1H2,2-4H3. The third-order valence-electron chi connectivity index (χ3n) is 1.62. The summed E-state index contributed by atoms with van der Waals surface area (Å²) >= 11 is 0. The molecule has 1 aromatic heterocycles. The van der Waals surface area contributed by atoms with Gasteiger partial charge in [-0.3, -0.25) is 4.79 Å². The number of rotatable bonds is 2.